The molecule has 0 radical (unpaired) electrons. The normalized spacial score (nSPS) is 17.6. The predicted octanol–water partition coefficient (Wildman–Crippen LogP) is 1.92. The van der Waals surface area contributed by atoms with Gasteiger partial charge in [-0.25, -0.2) is 9.59 Å². The van der Waals surface area contributed by atoms with E-state index in [9.17, 15) is 14.7 Å². The molecule has 1 aliphatic carbocycles. The number of carboxylic acid groups (broad SMARTS) is 1. The Morgan fingerprint density at radius 2 is 1.95 bits per heavy atom. The van der Waals surface area contributed by atoms with Gasteiger partial charge in [0, 0.05) is 12.0 Å². The number of amides is 2. The van der Waals surface area contributed by atoms with E-state index in [1.54, 1.807) is 0 Å². The van der Waals surface area contributed by atoms with Crippen molar-refractivity contribution in [1.82, 2.24) is 10.6 Å². The molecule has 5 nitrogen and oxygen atoms in total. The van der Waals surface area contributed by atoms with Gasteiger partial charge >= 0.3 is 12.0 Å². The fourth-order valence-electron chi connectivity index (χ4n) is 2.35. The van der Waals surface area contributed by atoms with Crippen molar-refractivity contribution in [2.75, 3.05) is 0 Å². The molecule has 3 N–H and O–H groups in total. The van der Waals surface area contributed by atoms with E-state index in [0.717, 1.165) is 24.8 Å². The molecule has 1 saturated carbocycles. The van der Waals surface area contributed by atoms with E-state index in [2.05, 4.69) is 10.6 Å². The minimum atomic E-state index is -1.03. The van der Waals surface area contributed by atoms with Gasteiger partial charge in [0.2, 0.25) is 0 Å². The highest BCUT2D eigenvalue weighted by atomic mass is 16.4. The van der Waals surface area contributed by atoms with Crippen LogP contribution in [-0.4, -0.2) is 28.7 Å². The van der Waals surface area contributed by atoms with Crippen molar-refractivity contribution in [2.45, 2.75) is 44.2 Å². The van der Waals surface area contributed by atoms with E-state index < -0.39 is 18.0 Å². The SMILES string of the molecule is CC1(NC(=O)N[C@H](Cc2ccccc2)C(=O)O)CCC1. The van der Waals surface area contributed by atoms with Gasteiger partial charge in [-0.1, -0.05) is 30.3 Å². The third-order valence-corrected chi connectivity index (χ3v) is 3.76. The Balaban J connectivity index is 1.92. The number of carbonyl (C=O) groups excluding carboxylic acids is 1. The van der Waals surface area contributed by atoms with Gasteiger partial charge in [0.25, 0.3) is 0 Å². The summed E-state index contributed by atoms with van der Waals surface area (Å²) in [7, 11) is 0. The molecule has 0 aromatic heterocycles. The molecule has 1 fully saturated rings. The van der Waals surface area contributed by atoms with Crippen LogP contribution in [0.2, 0.25) is 0 Å². The van der Waals surface area contributed by atoms with Crippen LogP contribution in [0.1, 0.15) is 31.7 Å². The molecule has 1 aliphatic rings. The summed E-state index contributed by atoms with van der Waals surface area (Å²) in [5.41, 5.74) is 0.704. The van der Waals surface area contributed by atoms with Crippen molar-refractivity contribution < 1.29 is 14.7 Å². The van der Waals surface area contributed by atoms with Crippen LogP contribution in [0.5, 0.6) is 0 Å². The fourth-order valence-corrected chi connectivity index (χ4v) is 2.35. The number of hydrogen-bond donors (Lipinski definition) is 3. The quantitative estimate of drug-likeness (QED) is 0.769. The van der Waals surface area contributed by atoms with Crippen molar-refractivity contribution >= 4 is 12.0 Å². The summed E-state index contributed by atoms with van der Waals surface area (Å²) in [6, 6.07) is 7.95. The lowest BCUT2D eigenvalue weighted by molar-refractivity contribution is -0.139. The number of hydrogen-bond acceptors (Lipinski definition) is 2. The first-order valence-corrected chi connectivity index (χ1v) is 6.84. The minimum absolute atomic E-state index is 0.181. The van der Waals surface area contributed by atoms with Crippen LogP contribution in [0.25, 0.3) is 0 Å². The summed E-state index contributed by atoms with van der Waals surface area (Å²) in [5.74, 6) is -1.03. The van der Waals surface area contributed by atoms with Crippen LogP contribution < -0.4 is 10.6 Å². The van der Waals surface area contributed by atoms with Gasteiger partial charge in [-0.2, -0.15) is 0 Å². The Kier molecular flexibility index (Phi) is 4.27. The zero-order valence-corrected chi connectivity index (χ0v) is 11.6. The lowest BCUT2D eigenvalue weighted by atomic mass is 9.79. The minimum Gasteiger partial charge on any atom is -0.480 e. The Bertz CT molecular complexity index is 483. The van der Waals surface area contributed by atoms with Crippen LogP contribution in [0.15, 0.2) is 30.3 Å². The number of nitrogens with one attached hydrogen (secondary N) is 2. The van der Waals surface area contributed by atoms with Crippen LogP contribution in [-0.2, 0) is 11.2 Å². The highest BCUT2D eigenvalue weighted by Crippen LogP contribution is 2.30. The molecule has 0 saturated heterocycles. The summed E-state index contributed by atoms with van der Waals surface area (Å²) in [5, 5.41) is 14.6. The molecule has 20 heavy (non-hydrogen) atoms. The summed E-state index contributed by atoms with van der Waals surface area (Å²) < 4.78 is 0. The first kappa shape index (κ1) is 14.4. The topological polar surface area (TPSA) is 78.4 Å². The number of rotatable bonds is 5. The average molecular weight is 276 g/mol. The molecule has 1 aromatic rings. The molecule has 0 heterocycles. The van der Waals surface area contributed by atoms with Gasteiger partial charge in [0.15, 0.2) is 0 Å². The molecule has 5 heteroatoms. The van der Waals surface area contributed by atoms with E-state index in [-0.39, 0.29) is 12.0 Å². The second-order valence-electron chi connectivity index (χ2n) is 5.59. The zero-order chi connectivity index (χ0) is 14.6. The fraction of sp³-hybridized carbons (Fsp3) is 0.467. The molecule has 0 bridgehead atoms. The largest absolute Gasteiger partial charge is 0.480 e. The molecule has 0 aliphatic heterocycles. The maximum Gasteiger partial charge on any atom is 0.326 e. The van der Waals surface area contributed by atoms with Gasteiger partial charge < -0.3 is 15.7 Å². The van der Waals surface area contributed by atoms with Crippen molar-refractivity contribution in [2.24, 2.45) is 0 Å². The smallest absolute Gasteiger partial charge is 0.326 e. The van der Waals surface area contributed by atoms with Crippen molar-refractivity contribution in [3.05, 3.63) is 35.9 Å². The number of urea groups is 1. The van der Waals surface area contributed by atoms with E-state index in [0.29, 0.717) is 0 Å². The first-order valence-electron chi connectivity index (χ1n) is 6.84. The maximum atomic E-state index is 11.9. The average Bonchev–Trinajstić information content (AvgIpc) is 2.37. The van der Waals surface area contributed by atoms with Crippen molar-refractivity contribution in [3.8, 4) is 0 Å². The van der Waals surface area contributed by atoms with Gasteiger partial charge in [-0.3, -0.25) is 0 Å². The van der Waals surface area contributed by atoms with E-state index >= 15 is 0 Å². The predicted molar refractivity (Wildman–Crippen MR) is 75.5 cm³/mol. The standard InChI is InChI=1S/C15H20N2O3/c1-15(8-5-9-15)17-14(20)16-12(13(18)19)10-11-6-3-2-4-7-11/h2-4,6-7,12H,5,8-10H2,1H3,(H,18,19)(H2,16,17,20)/t12-/m1/s1. The molecule has 1 atom stereocenters. The lowest BCUT2D eigenvalue weighted by Crippen LogP contribution is -2.57. The second kappa shape index (κ2) is 5.94. The monoisotopic (exact) mass is 276 g/mol. The summed E-state index contributed by atoms with van der Waals surface area (Å²) in [4.78, 5) is 23.1. The molecule has 0 spiro atoms. The summed E-state index contributed by atoms with van der Waals surface area (Å²) in [6.07, 6.45) is 3.26. The third-order valence-electron chi connectivity index (χ3n) is 3.76. The Morgan fingerprint density at radius 3 is 2.45 bits per heavy atom. The number of benzene rings is 1. The molecule has 0 unspecified atom stereocenters. The molecule has 108 valence electrons. The van der Waals surface area contributed by atoms with Gasteiger partial charge in [-0.05, 0) is 31.7 Å². The van der Waals surface area contributed by atoms with Gasteiger partial charge in [-0.15, -0.1) is 0 Å². The van der Waals surface area contributed by atoms with Gasteiger partial charge in [0.05, 0.1) is 0 Å². The molecule has 2 rings (SSSR count). The highest BCUT2D eigenvalue weighted by molar-refractivity contribution is 5.83. The van der Waals surface area contributed by atoms with E-state index in [1.807, 2.05) is 37.3 Å². The Labute approximate surface area is 118 Å². The molecule has 2 amide bonds. The third kappa shape index (κ3) is 3.73. The maximum absolute atomic E-state index is 11.9. The highest BCUT2D eigenvalue weighted by Gasteiger charge is 2.34. The van der Waals surface area contributed by atoms with Crippen LogP contribution in [0.4, 0.5) is 4.79 Å². The molecular formula is C15H20N2O3. The zero-order valence-electron chi connectivity index (χ0n) is 11.6. The lowest BCUT2D eigenvalue weighted by Gasteiger charge is -2.39. The van der Waals surface area contributed by atoms with Crippen LogP contribution >= 0.6 is 0 Å². The Hall–Kier alpha value is -2.04. The summed E-state index contributed by atoms with van der Waals surface area (Å²) in [6.45, 7) is 1.98. The molecular weight excluding hydrogens is 256 g/mol. The number of carbonyl (C=O) groups is 2. The van der Waals surface area contributed by atoms with Crippen molar-refractivity contribution in [3.63, 3.8) is 0 Å². The van der Waals surface area contributed by atoms with Gasteiger partial charge in [0.1, 0.15) is 6.04 Å². The van der Waals surface area contributed by atoms with Crippen molar-refractivity contribution in [1.29, 1.82) is 0 Å². The van der Waals surface area contributed by atoms with Crippen LogP contribution in [0, 0.1) is 0 Å². The number of aliphatic carboxylic acids is 1. The first-order chi connectivity index (χ1) is 9.48. The molecule has 1 aromatic carbocycles. The van der Waals surface area contributed by atoms with E-state index in [1.165, 1.54) is 0 Å². The van der Waals surface area contributed by atoms with Crippen LogP contribution in [0.3, 0.4) is 0 Å². The summed E-state index contributed by atoms with van der Waals surface area (Å²) >= 11 is 0. The van der Waals surface area contributed by atoms with E-state index in [4.69, 9.17) is 0 Å². The number of carboxylic acids is 1. The Morgan fingerprint density at radius 1 is 1.30 bits per heavy atom. The second-order valence-corrected chi connectivity index (χ2v) is 5.59.